The summed E-state index contributed by atoms with van der Waals surface area (Å²) in [5.41, 5.74) is 6.36. The van der Waals surface area contributed by atoms with Gasteiger partial charge in [-0.25, -0.2) is 18.0 Å². The van der Waals surface area contributed by atoms with E-state index in [-0.39, 0.29) is 18.4 Å². The Morgan fingerprint density at radius 1 is 1.25 bits per heavy atom. The van der Waals surface area contributed by atoms with E-state index in [1.54, 1.807) is 6.08 Å². The van der Waals surface area contributed by atoms with E-state index in [0.717, 1.165) is 6.07 Å². The Morgan fingerprint density at radius 2 is 1.90 bits per heavy atom. The predicted molar refractivity (Wildman–Crippen MR) is 66.4 cm³/mol. The lowest BCUT2D eigenvalue weighted by atomic mass is 9.80. The van der Waals surface area contributed by atoms with Gasteiger partial charge in [0.15, 0.2) is 11.6 Å². The van der Waals surface area contributed by atoms with Crippen LogP contribution in [0.25, 0.3) is 0 Å². The van der Waals surface area contributed by atoms with Gasteiger partial charge in [0.1, 0.15) is 5.82 Å². The van der Waals surface area contributed by atoms with Crippen molar-refractivity contribution in [3.63, 3.8) is 0 Å². The van der Waals surface area contributed by atoms with Gasteiger partial charge in [-0.1, -0.05) is 6.08 Å². The van der Waals surface area contributed by atoms with Crippen LogP contribution in [0.4, 0.5) is 13.2 Å². The van der Waals surface area contributed by atoms with Crippen molar-refractivity contribution in [2.24, 2.45) is 5.73 Å². The van der Waals surface area contributed by atoms with Crippen LogP contribution in [0.3, 0.4) is 0 Å². The largest absolute Gasteiger partial charge is 0.466 e. The molecule has 0 bridgehead atoms. The van der Waals surface area contributed by atoms with Crippen molar-refractivity contribution in [2.45, 2.75) is 24.8 Å². The van der Waals surface area contributed by atoms with Crippen molar-refractivity contribution in [3.05, 3.63) is 46.8 Å². The molecule has 0 aliphatic heterocycles. The summed E-state index contributed by atoms with van der Waals surface area (Å²) in [5.74, 6) is -4.17. The van der Waals surface area contributed by atoms with E-state index in [2.05, 4.69) is 4.74 Å². The molecule has 2 rings (SSSR count). The van der Waals surface area contributed by atoms with Crippen LogP contribution in [0.1, 0.15) is 24.3 Å². The van der Waals surface area contributed by atoms with Gasteiger partial charge in [-0.15, -0.1) is 0 Å². The van der Waals surface area contributed by atoms with E-state index < -0.39 is 35.4 Å². The van der Waals surface area contributed by atoms with Gasteiger partial charge in [0, 0.05) is 23.6 Å². The molecule has 0 saturated carbocycles. The fourth-order valence-electron chi connectivity index (χ4n) is 2.40. The average Bonchev–Trinajstić information content (AvgIpc) is 2.42. The van der Waals surface area contributed by atoms with Crippen LogP contribution in [0.15, 0.2) is 23.8 Å². The number of allylic oxidation sites excluding steroid dienone is 1. The fraction of sp³-hybridized carbons (Fsp3) is 0.357. The van der Waals surface area contributed by atoms with Gasteiger partial charge >= 0.3 is 5.97 Å². The second kappa shape index (κ2) is 5.66. The number of carbonyl (C=O) groups excluding carboxylic acids is 1. The molecule has 2 atom stereocenters. The number of benzene rings is 1. The van der Waals surface area contributed by atoms with Gasteiger partial charge < -0.3 is 10.5 Å². The Bertz CT molecular complexity index is 572. The number of hydrogen-bond acceptors (Lipinski definition) is 3. The van der Waals surface area contributed by atoms with E-state index in [9.17, 15) is 18.0 Å². The van der Waals surface area contributed by atoms with Gasteiger partial charge in [0.2, 0.25) is 0 Å². The molecule has 0 aromatic heterocycles. The maximum atomic E-state index is 13.7. The summed E-state index contributed by atoms with van der Waals surface area (Å²) in [4.78, 5) is 11.4. The smallest absolute Gasteiger partial charge is 0.333 e. The molecule has 0 amide bonds. The normalized spacial score (nSPS) is 22.4. The van der Waals surface area contributed by atoms with Crippen molar-refractivity contribution >= 4 is 5.97 Å². The highest BCUT2D eigenvalue weighted by Gasteiger charge is 2.29. The molecule has 0 unspecified atom stereocenters. The van der Waals surface area contributed by atoms with E-state index >= 15 is 0 Å². The summed E-state index contributed by atoms with van der Waals surface area (Å²) < 4.78 is 44.5. The molecule has 0 radical (unpaired) electrons. The lowest BCUT2D eigenvalue weighted by Crippen LogP contribution is -2.33. The molecule has 0 spiro atoms. The van der Waals surface area contributed by atoms with Gasteiger partial charge in [-0.05, 0) is 24.5 Å². The zero-order chi connectivity index (χ0) is 14.9. The van der Waals surface area contributed by atoms with Crippen LogP contribution >= 0.6 is 0 Å². The quantitative estimate of drug-likeness (QED) is 0.670. The maximum absolute atomic E-state index is 13.7. The lowest BCUT2D eigenvalue weighted by molar-refractivity contribution is -0.136. The highest BCUT2D eigenvalue weighted by molar-refractivity contribution is 5.88. The number of rotatable bonds is 2. The van der Waals surface area contributed by atoms with Crippen LogP contribution in [0.2, 0.25) is 0 Å². The highest BCUT2D eigenvalue weighted by Crippen LogP contribution is 2.34. The molecule has 1 aromatic rings. The van der Waals surface area contributed by atoms with E-state index in [1.165, 1.54) is 7.11 Å². The van der Waals surface area contributed by atoms with E-state index in [1.807, 2.05) is 0 Å². The van der Waals surface area contributed by atoms with Crippen molar-refractivity contribution in [1.82, 2.24) is 0 Å². The standard InChI is InChI=1S/C14H14F3NO2/c1-20-14(19)7-2-3-8(13(18)4-7)9-5-11(16)12(17)6-10(9)15/h2,5-6,8,13H,3-4,18H2,1H3/t8-,13+/m1/s1. The third-order valence-electron chi connectivity index (χ3n) is 3.48. The molecule has 1 aromatic carbocycles. The zero-order valence-corrected chi connectivity index (χ0v) is 10.8. The first kappa shape index (κ1) is 14.6. The van der Waals surface area contributed by atoms with Crippen LogP contribution in [0.5, 0.6) is 0 Å². The Labute approximate surface area is 114 Å². The summed E-state index contributed by atoms with van der Waals surface area (Å²) in [6, 6.07) is 0.775. The van der Waals surface area contributed by atoms with Crippen LogP contribution < -0.4 is 5.73 Å². The molecule has 0 heterocycles. The molecule has 1 aliphatic rings. The Hall–Kier alpha value is -1.82. The highest BCUT2D eigenvalue weighted by atomic mass is 19.2. The molecular formula is C14H14F3NO2. The van der Waals surface area contributed by atoms with Gasteiger partial charge in [0.05, 0.1) is 7.11 Å². The summed E-state index contributed by atoms with van der Waals surface area (Å²) in [5, 5.41) is 0. The fourth-order valence-corrected chi connectivity index (χ4v) is 2.40. The molecule has 2 N–H and O–H groups in total. The van der Waals surface area contributed by atoms with Gasteiger partial charge in [-0.2, -0.15) is 0 Å². The molecular weight excluding hydrogens is 271 g/mol. The summed E-state index contributed by atoms with van der Waals surface area (Å²) >= 11 is 0. The number of carbonyl (C=O) groups is 1. The molecule has 1 aliphatic carbocycles. The van der Waals surface area contributed by atoms with Crippen molar-refractivity contribution in [3.8, 4) is 0 Å². The van der Waals surface area contributed by atoms with Crippen LogP contribution in [-0.4, -0.2) is 19.1 Å². The number of methoxy groups -OCH3 is 1. The number of ether oxygens (including phenoxy) is 1. The molecule has 3 nitrogen and oxygen atoms in total. The van der Waals surface area contributed by atoms with E-state index in [0.29, 0.717) is 11.6 Å². The third-order valence-corrected chi connectivity index (χ3v) is 3.48. The minimum absolute atomic E-state index is 0.0246. The Balaban J connectivity index is 2.30. The second-order valence-corrected chi connectivity index (χ2v) is 4.72. The average molecular weight is 285 g/mol. The monoisotopic (exact) mass is 285 g/mol. The number of esters is 1. The minimum atomic E-state index is -1.23. The molecule has 6 heteroatoms. The number of halogens is 3. The number of nitrogens with two attached hydrogens (primary N) is 1. The molecule has 108 valence electrons. The molecule has 0 saturated heterocycles. The third kappa shape index (κ3) is 2.70. The Kier molecular flexibility index (Phi) is 4.13. The first-order valence-corrected chi connectivity index (χ1v) is 6.11. The minimum Gasteiger partial charge on any atom is -0.466 e. The van der Waals surface area contributed by atoms with Crippen molar-refractivity contribution in [1.29, 1.82) is 0 Å². The van der Waals surface area contributed by atoms with Gasteiger partial charge in [0.25, 0.3) is 0 Å². The van der Waals surface area contributed by atoms with Crippen LogP contribution in [0, 0.1) is 17.5 Å². The lowest BCUT2D eigenvalue weighted by Gasteiger charge is -2.28. The summed E-state index contributed by atoms with van der Waals surface area (Å²) in [6.07, 6.45) is 2.07. The summed E-state index contributed by atoms with van der Waals surface area (Å²) in [6.45, 7) is 0. The topological polar surface area (TPSA) is 52.3 Å². The zero-order valence-electron chi connectivity index (χ0n) is 10.8. The summed E-state index contributed by atoms with van der Waals surface area (Å²) in [7, 11) is 1.26. The van der Waals surface area contributed by atoms with Crippen molar-refractivity contribution in [2.75, 3.05) is 7.11 Å². The first-order chi connectivity index (χ1) is 9.43. The molecule has 20 heavy (non-hydrogen) atoms. The first-order valence-electron chi connectivity index (χ1n) is 6.11. The maximum Gasteiger partial charge on any atom is 0.333 e. The van der Waals surface area contributed by atoms with Gasteiger partial charge in [-0.3, -0.25) is 0 Å². The van der Waals surface area contributed by atoms with Crippen LogP contribution in [-0.2, 0) is 9.53 Å². The van der Waals surface area contributed by atoms with Crippen molar-refractivity contribution < 1.29 is 22.7 Å². The molecule has 0 fully saturated rings. The SMILES string of the molecule is COC(=O)C1=CC[C@H](c2cc(F)c(F)cc2F)[C@@H](N)C1. The second-order valence-electron chi connectivity index (χ2n) is 4.72. The van der Waals surface area contributed by atoms with E-state index in [4.69, 9.17) is 5.73 Å². The predicted octanol–water partition coefficient (Wildman–Crippen LogP) is 2.41. The number of hydrogen-bond donors (Lipinski definition) is 1. The Morgan fingerprint density at radius 3 is 2.50 bits per heavy atom.